The Morgan fingerprint density at radius 1 is 1.07 bits per heavy atom. The van der Waals surface area contributed by atoms with Gasteiger partial charge in [0.25, 0.3) is 0 Å². The fraction of sp³-hybridized carbons (Fsp3) is 0.333. The van der Waals surface area contributed by atoms with Gasteiger partial charge in [0.15, 0.2) is 0 Å². The molecule has 142 valence electrons. The van der Waals surface area contributed by atoms with Gasteiger partial charge in [0.2, 0.25) is 5.91 Å². The lowest BCUT2D eigenvalue weighted by Crippen LogP contribution is -2.47. The van der Waals surface area contributed by atoms with Gasteiger partial charge in [-0.2, -0.15) is 0 Å². The number of piperidine rings is 1. The molecule has 1 atom stereocenters. The van der Waals surface area contributed by atoms with E-state index >= 15 is 0 Å². The summed E-state index contributed by atoms with van der Waals surface area (Å²) in [6, 6.07) is 15.6. The number of carbonyl (C=O) groups is 2. The fourth-order valence-corrected chi connectivity index (χ4v) is 3.27. The molecule has 3 rings (SSSR count). The molecule has 0 saturated carbocycles. The number of benzene rings is 2. The van der Waals surface area contributed by atoms with Crippen LogP contribution >= 0.6 is 0 Å². The van der Waals surface area contributed by atoms with Gasteiger partial charge in [0.1, 0.15) is 5.82 Å². The maximum absolute atomic E-state index is 13.6. The summed E-state index contributed by atoms with van der Waals surface area (Å²) in [6.07, 6.45) is 1.98. The molecule has 3 amide bonds. The van der Waals surface area contributed by atoms with E-state index in [1.165, 1.54) is 6.07 Å². The molecule has 27 heavy (non-hydrogen) atoms. The molecule has 1 heterocycles. The van der Waals surface area contributed by atoms with Crippen LogP contribution in [-0.2, 0) is 11.2 Å². The predicted octanol–water partition coefficient (Wildman–Crippen LogP) is 3.43. The van der Waals surface area contributed by atoms with Crippen LogP contribution in [0.25, 0.3) is 0 Å². The first-order valence-electron chi connectivity index (χ1n) is 9.25. The summed E-state index contributed by atoms with van der Waals surface area (Å²) in [5.74, 6) is -0.572. The predicted molar refractivity (Wildman–Crippen MR) is 103 cm³/mol. The number of halogens is 1. The number of carbonyl (C=O) groups excluding carboxylic acids is 2. The van der Waals surface area contributed by atoms with E-state index in [0.29, 0.717) is 31.6 Å². The summed E-state index contributed by atoms with van der Waals surface area (Å²) >= 11 is 0. The number of rotatable bonds is 5. The summed E-state index contributed by atoms with van der Waals surface area (Å²) in [4.78, 5) is 26.5. The number of nitrogens with zero attached hydrogens (tertiary/aromatic N) is 1. The van der Waals surface area contributed by atoms with Crippen molar-refractivity contribution in [2.24, 2.45) is 5.92 Å². The lowest BCUT2D eigenvalue weighted by molar-refractivity contribution is -0.126. The van der Waals surface area contributed by atoms with Crippen LogP contribution in [0.1, 0.15) is 18.4 Å². The Morgan fingerprint density at radius 2 is 1.81 bits per heavy atom. The maximum atomic E-state index is 13.6. The molecule has 6 heteroatoms. The minimum absolute atomic E-state index is 0.0800. The van der Waals surface area contributed by atoms with Gasteiger partial charge in [-0.1, -0.05) is 36.4 Å². The molecule has 2 aromatic rings. The van der Waals surface area contributed by atoms with Crippen molar-refractivity contribution < 1.29 is 14.0 Å². The van der Waals surface area contributed by atoms with Crippen LogP contribution in [-0.4, -0.2) is 36.5 Å². The Morgan fingerprint density at radius 3 is 2.59 bits per heavy atom. The van der Waals surface area contributed by atoms with Crippen LogP contribution in [0.2, 0.25) is 0 Å². The quantitative estimate of drug-likeness (QED) is 0.848. The summed E-state index contributed by atoms with van der Waals surface area (Å²) in [6.45, 7) is 1.41. The van der Waals surface area contributed by atoms with E-state index in [0.717, 1.165) is 18.5 Å². The second-order valence-corrected chi connectivity index (χ2v) is 6.71. The van der Waals surface area contributed by atoms with Gasteiger partial charge in [-0.3, -0.25) is 4.79 Å². The summed E-state index contributed by atoms with van der Waals surface area (Å²) in [5.41, 5.74) is 1.32. The molecule has 1 saturated heterocycles. The highest BCUT2D eigenvalue weighted by molar-refractivity contribution is 5.90. The largest absolute Gasteiger partial charge is 0.355 e. The first kappa shape index (κ1) is 18.9. The van der Waals surface area contributed by atoms with Crippen LogP contribution in [0.4, 0.5) is 14.9 Å². The van der Waals surface area contributed by atoms with Crippen molar-refractivity contribution in [3.63, 3.8) is 0 Å². The molecule has 5 nitrogen and oxygen atoms in total. The van der Waals surface area contributed by atoms with E-state index in [9.17, 15) is 14.0 Å². The molecular weight excluding hydrogens is 345 g/mol. The van der Waals surface area contributed by atoms with E-state index in [1.54, 1.807) is 23.1 Å². The first-order valence-corrected chi connectivity index (χ1v) is 9.25. The highest BCUT2D eigenvalue weighted by Crippen LogP contribution is 2.18. The lowest BCUT2D eigenvalue weighted by atomic mass is 9.97. The fourth-order valence-electron chi connectivity index (χ4n) is 3.27. The maximum Gasteiger partial charge on any atom is 0.321 e. The van der Waals surface area contributed by atoms with Crippen LogP contribution < -0.4 is 10.6 Å². The number of urea groups is 1. The van der Waals surface area contributed by atoms with Crippen molar-refractivity contribution in [3.05, 3.63) is 66.0 Å². The third-order valence-electron chi connectivity index (χ3n) is 4.76. The summed E-state index contributed by atoms with van der Waals surface area (Å²) in [5, 5.41) is 5.73. The third kappa shape index (κ3) is 5.29. The summed E-state index contributed by atoms with van der Waals surface area (Å²) in [7, 11) is 0. The van der Waals surface area contributed by atoms with Crippen molar-refractivity contribution in [2.75, 3.05) is 25.0 Å². The number of para-hydroxylation sites is 1. The smallest absolute Gasteiger partial charge is 0.321 e. The molecule has 0 aromatic heterocycles. The Bertz CT molecular complexity index is 782. The Labute approximate surface area is 158 Å². The number of hydrogen-bond acceptors (Lipinski definition) is 2. The molecule has 1 aliphatic heterocycles. The number of anilines is 1. The van der Waals surface area contributed by atoms with E-state index in [4.69, 9.17) is 0 Å². The van der Waals surface area contributed by atoms with Crippen molar-refractivity contribution >= 4 is 17.6 Å². The average molecular weight is 369 g/mol. The van der Waals surface area contributed by atoms with Crippen molar-refractivity contribution in [1.29, 1.82) is 0 Å². The first-order chi connectivity index (χ1) is 13.1. The van der Waals surface area contributed by atoms with E-state index in [2.05, 4.69) is 10.6 Å². The second-order valence-electron chi connectivity index (χ2n) is 6.71. The lowest BCUT2D eigenvalue weighted by Gasteiger charge is -2.32. The topological polar surface area (TPSA) is 61.4 Å². The van der Waals surface area contributed by atoms with Crippen molar-refractivity contribution in [3.8, 4) is 0 Å². The molecule has 1 aliphatic rings. The van der Waals surface area contributed by atoms with Gasteiger partial charge in [-0.05, 0) is 43.0 Å². The molecule has 0 aliphatic carbocycles. The third-order valence-corrected chi connectivity index (χ3v) is 4.76. The standard InChI is InChI=1S/C21H24FN3O2/c22-19-11-5-4-7-16(19)12-13-23-20(26)17-8-6-14-25(15-17)21(27)24-18-9-2-1-3-10-18/h1-5,7,9-11,17H,6,8,12-15H2,(H,23,26)(H,24,27)/t17-/m1/s1. The second kappa shape index (κ2) is 9.16. The zero-order valence-corrected chi connectivity index (χ0v) is 15.2. The monoisotopic (exact) mass is 369 g/mol. The highest BCUT2D eigenvalue weighted by atomic mass is 19.1. The van der Waals surface area contributed by atoms with Crippen molar-refractivity contribution in [1.82, 2.24) is 10.2 Å². The normalized spacial score (nSPS) is 16.6. The molecule has 2 N–H and O–H groups in total. The van der Waals surface area contributed by atoms with Crippen LogP contribution in [0.15, 0.2) is 54.6 Å². The van der Waals surface area contributed by atoms with Gasteiger partial charge in [-0.25, -0.2) is 9.18 Å². The van der Waals surface area contributed by atoms with Gasteiger partial charge < -0.3 is 15.5 Å². The zero-order chi connectivity index (χ0) is 19.1. The Hall–Kier alpha value is -2.89. The van der Waals surface area contributed by atoms with Crippen LogP contribution in [0.5, 0.6) is 0 Å². The van der Waals surface area contributed by atoms with Crippen molar-refractivity contribution in [2.45, 2.75) is 19.3 Å². The Kier molecular flexibility index (Phi) is 6.41. The van der Waals surface area contributed by atoms with Gasteiger partial charge in [-0.15, -0.1) is 0 Å². The minimum atomic E-state index is -0.256. The number of likely N-dealkylation sites (tertiary alicyclic amines) is 1. The van der Waals surface area contributed by atoms with Gasteiger partial charge >= 0.3 is 6.03 Å². The minimum Gasteiger partial charge on any atom is -0.355 e. The zero-order valence-electron chi connectivity index (χ0n) is 15.2. The van der Waals surface area contributed by atoms with Crippen LogP contribution in [0.3, 0.4) is 0 Å². The molecule has 0 unspecified atom stereocenters. The SMILES string of the molecule is O=C(NCCc1ccccc1F)[C@@H]1CCCN(C(=O)Nc2ccccc2)C1. The van der Waals surface area contributed by atoms with Crippen LogP contribution in [0, 0.1) is 11.7 Å². The average Bonchev–Trinajstić information content (AvgIpc) is 2.70. The van der Waals surface area contributed by atoms with Gasteiger partial charge in [0, 0.05) is 25.3 Å². The molecule has 0 spiro atoms. The summed E-state index contributed by atoms with van der Waals surface area (Å²) < 4.78 is 13.6. The molecule has 2 aromatic carbocycles. The van der Waals surface area contributed by atoms with Gasteiger partial charge in [0.05, 0.1) is 5.92 Å². The molecule has 0 bridgehead atoms. The Balaban J connectivity index is 1.47. The molecule has 1 fully saturated rings. The number of amides is 3. The van der Waals surface area contributed by atoms with E-state index < -0.39 is 0 Å². The highest BCUT2D eigenvalue weighted by Gasteiger charge is 2.28. The molecular formula is C21H24FN3O2. The number of hydrogen-bond donors (Lipinski definition) is 2. The molecule has 0 radical (unpaired) electrons. The van der Waals surface area contributed by atoms with E-state index in [-0.39, 0.29) is 23.7 Å². The van der Waals surface area contributed by atoms with E-state index in [1.807, 2.05) is 30.3 Å². The number of nitrogens with one attached hydrogen (secondary N) is 2.